The van der Waals surface area contributed by atoms with E-state index >= 15 is 0 Å². The van der Waals surface area contributed by atoms with Crippen LogP contribution in [0.5, 0.6) is 0 Å². The van der Waals surface area contributed by atoms with Crippen molar-refractivity contribution in [2.45, 2.75) is 6.04 Å². The molecular formula is C18H16N3+. The SMILES string of the molecule is C1=CC2=[NH+]c3ccccc3N(Nc3ccccc3)C2C=C1. The quantitative estimate of drug-likeness (QED) is 0.879. The zero-order valence-electron chi connectivity index (χ0n) is 11.5. The Kier molecular flexibility index (Phi) is 2.82. The molecule has 0 fully saturated rings. The van der Waals surface area contributed by atoms with Crippen LogP contribution in [0.1, 0.15) is 0 Å². The zero-order chi connectivity index (χ0) is 14.1. The molecule has 0 bridgehead atoms. The molecule has 1 heterocycles. The Morgan fingerprint density at radius 1 is 0.905 bits per heavy atom. The minimum absolute atomic E-state index is 0.171. The number of benzene rings is 2. The molecule has 0 amide bonds. The molecule has 102 valence electrons. The second kappa shape index (κ2) is 4.94. The second-order valence-corrected chi connectivity index (χ2v) is 5.13. The maximum atomic E-state index is 3.52. The predicted octanol–water partition coefficient (Wildman–Crippen LogP) is 2.18. The van der Waals surface area contributed by atoms with Gasteiger partial charge in [-0.05, 0) is 24.3 Å². The molecule has 2 aromatic rings. The lowest BCUT2D eigenvalue weighted by Gasteiger charge is -2.34. The number of nitrogens with one attached hydrogen (secondary N) is 2. The van der Waals surface area contributed by atoms with E-state index in [9.17, 15) is 0 Å². The van der Waals surface area contributed by atoms with Crippen molar-refractivity contribution in [3.05, 3.63) is 78.9 Å². The molecule has 2 N–H and O–H groups in total. The number of hydrogen-bond donors (Lipinski definition) is 2. The highest BCUT2D eigenvalue weighted by Crippen LogP contribution is 2.28. The van der Waals surface area contributed by atoms with E-state index in [1.54, 1.807) is 0 Å². The number of anilines is 2. The largest absolute Gasteiger partial charge is 0.297 e. The van der Waals surface area contributed by atoms with Crippen molar-refractivity contribution in [2.24, 2.45) is 0 Å². The van der Waals surface area contributed by atoms with Crippen LogP contribution in [0.4, 0.5) is 17.1 Å². The van der Waals surface area contributed by atoms with Gasteiger partial charge < -0.3 is 0 Å². The van der Waals surface area contributed by atoms with Crippen LogP contribution in [-0.2, 0) is 0 Å². The molecule has 21 heavy (non-hydrogen) atoms. The fourth-order valence-corrected chi connectivity index (χ4v) is 2.75. The Morgan fingerprint density at radius 3 is 2.62 bits per heavy atom. The summed E-state index contributed by atoms with van der Waals surface area (Å²) in [6.07, 6.45) is 8.46. The lowest BCUT2D eigenvalue weighted by atomic mass is 10.0. The number of para-hydroxylation sites is 3. The third-order valence-corrected chi connectivity index (χ3v) is 3.74. The molecular weight excluding hydrogens is 258 g/mol. The lowest BCUT2D eigenvalue weighted by molar-refractivity contribution is -0.355. The molecule has 0 saturated carbocycles. The Hall–Kier alpha value is -2.81. The van der Waals surface area contributed by atoms with Crippen LogP contribution in [0.3, 0.4) is 0 Å². The first kappa shape index (κ1) is 12.0. The standard InChI is InChI=1S/C18H15N3/c1-2-8-14(9-3-1)20-21-17-12-6-4-10-15(17)19-16-11-5-7-13-18(16)21/h1-13,17,20H/p+1. The van der Waals surface area contributed by atoms with Gasteiger partial charge in [0.15, 0.2) is 6.04 Å². The van der Waals surface area contributed by atoms with Crippen LogP contribution in [0, 0.1) is 0 Å². The van der Waals surface area contributed by atoms with Crippen LogP contribution in [0.2, 0.25) is 0 Å². The van der Waals surface area contributed by atoms with E-state index in [2.05, 4.69) is 76.1 Å². The summed E-state index contributed by atoms with van der Waals surface area (Å²) in [5, 5.41) is 2.20. The van der Waals surface area contributed by atoms with Gasteiger partial charge in [0.2, 0.25) is 11.4 Å². The summed E-state index contributed by atoms with van der Waals surface area (Å²) in [5.41, 5.74) is 8.05. The van der Waals surface area contributed by atoms with Crippen molar-refractivity contribution in [1.29, 1.82) is 0 Å². The smallest absolute Gasteiger partial charge is 0.229 e. The number of allylic oxidation sites excluding steroid dienone is 2. The third-order valence-electron chi connectivity index (χ3n) is 3.74. The fourth-order valence-electron chi connectivity index (χ4n) is 2.75. The molecule has 0 spiro atoms. The van der Waals surface area contributed by atoms with E-state index in [0.717, 1.165) is 17.1 Å². The van der Waals surface area contributed by atoms with Crippen LogP contribution in [0.15, 0.2) is 78.9 Å². The summed E-state index contributed by atoms with van der Waals surface area (Å²) < 4.78 is 0. The minimum atomic E-state index is 0.171. The number of rotatable bonds is 2. The summed E-state index contributed by atoms with van der Waals surface area (Å²) in [4.78, 5) is 3.51. The van der Waals surface area contributed by atoms with Gasteiger partial charge in [-0.15, -0.1) is 0 Å². The van der Waals surface area contributed by atoms with Crippen LogP contribution in [-0.4, -0.2) is 11.8 Å². The first-order chi connectivity index (χ1) is 10.4. The van der Waals surface area contributed by atoms with E-state index in [0.29, 0.717) is 0 Å². The van der Waals surface area contributed by atoms with Gasteiger partial charge in [-0.1, -0.05) is 42.5 Å². The topological polar surface area (TPSA) is 29.2 Å². The molecule has 0 aromatic heterocycles. The van der Waals surface area contributed by atoms with Crippen molar-refractivity contribution in [1.82, 2.24) is 0 Å². The summed E-state index contributed by atoms with van der Waals surface area (Å²) >= 11 is 0. The second-order valence-electron chi connectivity index (χ2n) is 5.13. The average Bonchev–Trinajstić information content (AvgIpc) is 2.55. The zero-order valence-corrected chi connectivity index (χ0v) is 11.5. The highest BCUT2D eigenvalue weighted by Gasteiger charge is 2.33. The Morgan fingerprint density at radius 2 is 1.71 bits per heavy atom. The van der Waals surface area contributed by atoms with Crippen LogP contribution < -0.4 is 15.4 Å². The monoisotopic (exact) mass is 274 g/mol. The van der Waals surface area contributed by atoms with Gasteiger partial charge in [-0.3, -0.25) is 10.4 Å². The van der Waals surface area contributed by atoms with Gasteiger partial charge in [0.25, 0.3) is 0 Å². The van der Waals surface area contributed by atoms with E-state index in [-0.39, 0.29) is 6.04 Å². The van der Waals surface area contributed by atoms with Crippen molar-refractivity contribution >= 4 is 22.8 Å². The molecule has 1 aliphatic carbocycles. The highest BCUT2D eigenvalue weighted by molar-refractivity contribution is 6.02. The number of fused-ring (bicyclic) bond motifs is 2. The van der Waals surface area contributed by atoms with Gasteiger partial charge in [-0.25, -0.2) is 4.99 Å². The van der Waals surface area contributed by atoms with Crippen LogP contribution in [0.25, 0.3) is 0 Å². The highest BCUT2D eigenvalue weighted by atomic mass is 15.5. The maximum Gasteiger partial charge on any atom is 0.229 e. The van der Waals surface area contributed by atoms with Crippen molar-refractivity contribution in [2.75, 3.05) is 10.4 Å². The van der Waals surface area contributed by atoms with Crippen molar-refractivity contribution < 1.29 is 4.99 Å². The first-order valence-corrected chi connectivity index (χ1v) is 7.10. The Labute approximate surface area is 123 Å². The van der Waals surface area contributed by atoms with Gasteiger partial charge in [0.1, 0.15) is 5.69 Å². The van der Waals surface area contributed by atoms with Gasteiger partial charge in [0, 0.05) is 12.1 Å². The molecule has 1 unspecified atom stereocenters. The van der Waals surface area contributed by atoms with Gasteiger partial charge >= 0.3 is 0 Å². The molecule has 1 atom stereocenters. The summed E-state index contributed by atoms with van der Waals surface area (Å²) in [7, 11) is 0. The number of hydrogen-bond acceptors (Lipinski definition) is 2. The molecule has 2 aromatic carbocycles. The Balaban J connectivity index is 1.79. The normalized spacial score (nSPS) is 18.8. The van der Waals surface area contributed by atoms with E-state index in [4.69, 9.17) is 0 Å². The Bertz CT molecular complexity index is 744. The minimum Gasteiger partial charge on any atom is -0.297 e. The van der Waals surface area contributed by atoms with Crippen molar-refractivity contribution in [3.63, 3.8) is 0 Å². The molecule has 4 rings (SSSR count). The van der Waals surface area contributed by atoms with Crippen molar-refractivity contribution in [3.8, 4) is 0 Å². The molecule has 3 nitrogen and oxygen atoms in total. The molecule has 1 aliphatic heterocycles. The first-order valence-electron chi connectivity index (χ1n) is 7.10. The fraction of sp³-hybridized carbons (Fsp3) is 0.0556. The molecule has 0 saturated heterocycles. The third kappa shape index (κ3) is 2.13. The van der Waals surface area contributed by atoms with Gasteiger partial charge in [-0.2, -0.15) is 0 Å². The number of nitrogens with zero attached hydrogens (tertiary/aromatic N) is 1. The number of hydrazine groups is 1. The maximum absolute atomic E-state index is 3.52. The van der Waals surface area contributed by atoms with E-state index in [1.165, 1.54) is 5.71 Å². The molecule has 2 aliphatic rings. The summed E-state index contributed by atoms with van der Waals surface area (Å²) in [6.45, 7) is 0. The van der Waals surface area contributed by atoms with E-state index < -0.39 is 0 Å². The van der Waals surface area contributed by atoms with Gasteiger partial charge in [0.05, 0.1) is 5.69 Å². The molecule has 0 radical (unpaired) electrons. The lowest BCUT2D eigenvalue weighted by Crippen LogP contribution is -2.74. The van der Waals surface area contributed by atoms with E-state index in [1.807, 2.05) is 18.2 Å². The average molecular weight is 274 g/mol. The molecule has 3 heteroatoms. The summed E-state index contributed by atoms with van der Waals surface area (Å²) in [5.74, 6) is 0. The predicted molar refractivity (Wildman–Crippen MR) is 86.7 cm³/mol. The van der Waals surface area contributed by atoms with Crippen LogP contribution >= 0.6 is 0 Å². The summed E-state index contributed by atoms with van der Waals surface area (Å²) in [6, 6.07) is 18.8.